The average Bonchev–Trinajstić information content (AvgIpc) is 2.39. The fourth-order valence-electron chi connectivity index (χ4n) is 2.17. The van der Waals surface area contributed by atoms with Gasteiger partial charge in [0.2, 0.25) is 0 Å². The van der Waals surface area contributed by atoms with Crippen LogP contribution in [0, 0.1) is 0 Å². The maximum Gasteiger partial charge on any atom is 0.0705 e. The van der Waals surface area contributed by atoms with Crippen LogP contribution in [-0.2, 0) is 6.42 Å². The van der Waals surface area contributed by atoms with Crippen LogP contribution in [0.15, 0.2) is 36.4 Å². The van der Waals surface area contributed by atoms with Gasteiger partial charge in [0.15, 0.2) is 0 Å². The zero-order valence-electron chi connectivity index (χ0n) is 10.9. The Morgan fingerprint density at radius 1 is 1.11 bits per heavy atom. The van der Waals surface area contributed by atoms with Gasteiger partial charge in [0.1, 0.15) is 0 Å². The van der Waals surface area contributed by atoms with Crippen molar-refractivity contribution >= 4 is 26.8 Å². The van der Waals surface area contributed by atoms with Gasteiger partial charge in [-0.3, -0.25) is 4.98 Å². The lowest BCUT2D eigenvalue weighted by Gasteiger charge is -2.09. The van der Waals surface area contributed by atoms with Gasteiger partial charge in [0.05, 0.1) is 5.52 Å². The summed E-state index contributed by atoms with van der Waals surface area (Å²) in [5, 5.41) is 1.22. The van der Waals surface area contributed by atoms with Gasteiger partial charge in [-0.15, -0.1) is 0 Å². The van der Waals surface area contributed by atoms with Crippen molar-refractivity contribution in [2.24, 2.45) is 0 Å². The van der Waals surface area contributed by atoms with E-state index >= 15 is 0 Å². The summed E-state index contributed by atoms with van der Waals surface area (Å²) < 4.78 is 0. The first-order valence-electron chi connectivity index (χ1n) is 6.78. The van der Waals surface area contributed by atoms with Crippen LogP contribution in [0.1, 0.15) is 38.3 Å². The van der Waals surface area contributed by atoms with E-state index in [-0.39, 0.29) is 0 Å². The molecule has 1 unspecified atom stereocenters. The Morgan fingerprint density at radius 2 is 1.94 bits per heavy atom. The molecule has 2 aromatic rings. The van der Waals surface area contributed by atoms with Crippen molar-refractivity contribution in [2.75, 3.05) is 0 Å². The summed E-state index contributed by atoms with van der Waals surface area (Å²) in [6, 6.07) is 12.6. The Labute approximate surface area is 118 Å². The molecule has 0 radical (unpaired) electrons. The maximum absolute atomic E-state index is 4.71. The van der Waals surface area contributed by atoms with Crippen molar-refractivity contribution < 1.29 is 0 Å². The lowest BCUT2D eigenvalue weighted by Crippen LogP contribution is -2.04. The summed E-state index contributed by atoms with van der Waals surface area (Å²) in [7, 11) is 0. The van der Waals surface area contributed by atoms with E-state index in [1.807, 2.05) is 6.07 Å². The third-order valence-electron chi connectivity index (χ3n) is 3.21. The molecular formula is C16H20BrN. The van der Waals surface area contributed by atoms with Gasteiger partial charge in [-0.25, -0.2) is 0 Å². The summed E-state index contributed by atoms with van der Waals surface area (Å²) >= 11 is 3.77. The van der Waals surface area contributed by atoms with Crippen LogP contribution in [-0.4, -0.2) is 9.81 Å². The molecule has 0 saturated heterocycles. The molecule has 1 atom stereocenters. The number of benzene rings is 1. The fraction of sp³-hybridized carbons (Fsp3) is 0.438. The largest absolute Gasteiger partial charge is 0.253 e. The van der Waals surface area contributed by atoms with Crippen molar-refractivity contribution in [3.63, 3.8) is 0 Å². The van der Waals surface area contributed by atoms with Crippen LogP contribution < -0.4 is 0 Å². The minimum atomic E-state index is 0.553. The number of rotatable bonds is 6. The van der Waals surface area contributed by atoms with Crippen LogP contribution in [0.4, 0.5) is 0 Å². The number of unbranched alkanes of at least 4 members (excludes halogenated alkanes) is 2. The molecule has 1 heterocycles. The molecule has 0 aliphatic heterocycles. The van der Waals surface area contributed by atoms with Crippen molar-refractivity contribution in [1.82, 2.24) is 4.98 Å². The van der Waals surface area contributed by atoms with Gasteiger partial charge in [0, 0.05) is 22.3 Å². The highest BCUT2D eigenvalue weighted by atomic mass is 79.9. The van der Waals surface area contributed by atoms with E-state index in [0.29, 0.717) is 4.83 Å². The molecule has 1 nitrogen and oxygen atoms in total. The highest BCUT2D eigenvalue weighted by Crippen LogP contribution is 2.18. The Hall–Kier alpha value is -0.890. The molecule has 2 rings (SSSR count). The summed E-state index contributed by atoms with van der Waals surface area (Å²) in [5.74, 6) is 0. The normalized spacial score (nSPS) is 12.8. The van der Waals surface area contributed by atoms with Gasteiger partial charge < -0.3 is 0 Å². The van der Waals surface area contributed by atoms with Crippen LogP contribution in [0.2, 0.25) is 0 Å². The Morgan fingerprint density at radius 3 is 2.78 bits per heavy atom. The highest BCUT2D eigenvalue weighted by molar-refractivity contribution is 9.09. The standard InChI is InChI=1S/C16H20BrN/c1-2-3-4-8-14(17)12-15-11-10-13-7-5-6-9-16(13)18-15/h5-7,9-11,14H,2-4,8,12H2,1H3. The number of para-hydroxylation sites is 1. The number of alkyl halides is 1. The lowest BCUT2D eigenvalue weighted by molar-refractivity contribution is 0.645. The molecule has 0 aliphatic rings. The second-order valence-electron chi connectivity index (χ2n) is 4.79. The van der Waals surface area contributed by atoms with Crippen LogP contribution in [0.3, 0.4) is 0 Å². The zero-order chi connectivity index (χ0) is 12.8. The van der Waals surface area contributed by atoms with E-state index < -0.39 is 0 Å². The molecule has 18 heavy (non-hydrogen) atoms. The molecule has 0 spiro atoms. The molecule has 0 fully saturated rings. The van der Waals surface area contributed by atoms with Gasteiger partial charge in [0.25, 0.3) is 0 Å². The summed E-state index contributed by atoms with van der Waals surface area (Å²) in [6.07, 6.45) is 6.18. The van der Waals surface area contributed by atoms with Crippen molar-refractivity contribution in [1.29, 1.82) is 0 Å². The van der Waals surface area contributed by atoms with Crippen molar-refractivity contribution in [3.05, 3.63) is 42.1 Å². The highest BCUT2D eigenvalue weighted by Gasteiger charge is 2.06. The third-order valence-corrected chi connectivity index (χ3v) is 3.99. The van der Waals surface area contributed by atoms with E-state index in [9.17, 15) is 0 Å². The fourth-order valence-corrected chi connectivity index (χ4v) is 2.82. The molecular weight excluding hydrogens is 286 g/mol. The maximum atomic E-state index is 4.71. The van der Waals surface area contributed by atoms with E-state index in [1.54, 1.807) is 0 Å². The molecule has 1 aromatic carbocycles. The molecule has 0 aliphatic carbocycles. The van der Waals surface area contributed by atoms with E-state index in [4.69, 9.17) is 4.98 Å². The SMILES string of the molecule is CCCCCC(Br)Cc1ccc2ccccc2n1. The number of nitrogens with zero attached hydrogens (tertiary/aromatic N) is 1. The monoisotopic (exact) mass is 305 g/mol. The Bertz CT molecular complexity index is 495. The molecule has 0 amide bonds. The predicted molar refractivity (Wildman–Crippen MR) is 82.3 cm³/mol. The smallest absolute Gasteiger partial charge is 0.0705 e. The van der Waals surface area contributed by atoms with Crippen LogP contribution in [0.25, 0.3) is 10.9 Å². The molecule has 0 bridgehead atoms. The second kappa shape index (κ2) is 6.89. The van der Waals surface area contributed by atoms with E-state index in [1.165, 1.54) is 36.8 Å². The summed E-state index contributed by atoms with van der Waals surface area (Å²) in [4.78, 5) is 5.27. The first kappa shape index (κ1) is 13.5. The Balaban J connectivity index is 1.98. The van der Waals surface area contributed by atoms with Gasteiger partial charge in [-0.1, -0.05) is 66.4 Å². The van der Waals surface area contributed by atoms with Crippen LogP contribution in [0.5, 0.6) is 0 Å². The number of hydrogen-bond donors (Lipinski definition) is 0. The van der Waals surface area contributed by atoms with Crippen molar-refractivity contribution in [3.8, 4) is 0 Å². The second-order valence-corrected chi connectivity index (χ2v) is 6.09. The minimum absolute atomic E-state index is 0.553. The molecule has 2 heteroatoms. The number of pyridine rings is 1. The number of hydrogen-bond acceptors (Lipinski definition) is 1. The number of fused-ring (bicyclic) bond motifs is 1. The average molecular weight is 306 g/mol. The number of halogens is 1. The molecule has 1 aromatic heterocycles. The zero-order valence-corrected chi connectivity index (χ0v) is 12.5. The Kier molecular flexibility index (Phi) is 5.18. The van der Waals surface area contributed by atoms with Crippen LogP contribution >= 0.6 is 15.9 Å². The topological polar surface area (TPSA) is 12.9 Å². The van der Waals surface area contributed by atoms with Gasteiger partial charge in [-0.05, 0) is 18.6 Å². The number of aromatic nitrogens is 1. The first-order valence-corrected chi connectivity index (χ1v) is 7.70. The van der Waals surface area contributed by atoms with E-state index in [2.05, 4.69) is 53.2 Å². The quantitative estimate of drug-likeness (QED) is 0.533. The van der Waals surface area contributed by atoms with Gasteiger partial charge in [-0.2, -0.15) is 0 Å². The van der Waals surface area contributed by atoms with E-state index in [0.717, 1.165) is 11.9 Å². The summed E-state index contributed by atoms with van der Waals surface area (Å²) in [5.41, 5.74) is 2.29. The predicted octanol–water partition coefficient (Wildman–Crippen LogP) is 5.12. The first-order chi connectivity index (χ1) is 8.79. The van der Waals surface area contributed by atoms with Crippen molar-refractivity contribution in [2.45, 2.75) is 43.9 Å². The summed E-state index contributed by atoms with van der Waals surface area (Å²) in [6.45, 7) is 2.24. The molecule has 0 saturated carbocycles. The molecule has 96 valence electrons. The lowest BCUT2D eigenvalue weighted by atomic mass is 10.1. The van der Waals surface area contributed by atoms with Gasteiger partial charge >= 0.3 is 0 Å². The molecule has 0 N–H and O–H groups in total. The minimum Gasteiger partial charge on any atom is -0.253 e. The third kappa shape index (κ3) is 3.81.